The van der Waals surface area contributed by atoms with Gasteiger partial charge in [-0.3, -0.25) is 0 Å². The maximum Gasteiger partial charge on any atom is 0.101 e. The van der Waals surface area contributed by atoms with E-state index in [1.807, 2.05) is 6.07 Å². The first-order valence-electron chi connectivity index (χ1n) is 18.7. The van der Waals surface area contributed by atoms with Gasteiger partial charge in [0, 0.05) is 44.0 Å². The van der Waals surface area contributed by atoms with E-state index in [-0.39, 0.29) is 0 Å². The maximum absolute atomic E-state index is 9.94. The molecule has 0 saturated carbocycles. The van der Waals surface area contributed by atoms with Crippen molar-refractivity contribution in [3.63, 3.8) is 0 Å². The zero-order valence-electron chi connectivity index (χ0n) is 30.8. The molecule has 10 rings (SSSR count). The van der Waals surface area contributed by atoms with Crippen molar-refractivity contribution >= 4 is 43.6 Å². The number of rotatable bonds is 5. The molecular formula is C51H33N5. The summed E-state index contributed by atoms with van der Waals surface area (Å²) in [6.45, 7) is 4.27. The molecule has 0 aliphatic rings. The average Bonchev–Trinajstić information content (AvgIpc) is 3.75. The van der Waals surface area contributed by atoms with Gasteiger partial charge < -0.3 is 9.13 Å². The molecule has 10 aromatic rings. The molecule has 0 radical (unpaired) electrons. The second-order valence-corrected chi connectivity index (χ2v) is 14.5. The van der Waals surface area contributed by atoms with E-state index in [4.69, 9.17) is 4.98 Å². The third-order valence-electron chi connectivity index (χ3n) is 10.9. The first-order chi connectivity index (χ1) is 27.5. The zero-order valence-corrected chi connectivity index (χ0v) is 30.8. The van der Waals surface area contributed by atoms with Gasteiger partial charge in [-0.05, 0) is 110 Å². The van der Waals surface area contributed by atoms with E-state index in [1.54, 1.807) is 12.1 Å². The van der Waals surface area contributed by atoms with E-state index in [0.29, 0.717) is 11.1 Å². The lowest BCUT2D eigenvalue weighted by Gasteiger charge is -2.14. The minimum absolute atomic E-state index is 0.345. The standard InChI is InChI=1S/C51H33N5/c1-32-17-21-50-44(23-32)42-13-3-5-15-48(42)55(50)40-11-7-9-35(26-40)46-28-38(34-19-20-37(30-52)39(25-34)31-53)29-47(54-46)36-10-8-12-41(27-36)56-49-16-6-4-14-43(49)45-24-33(2)18-22-51(45)56/h3-29H,1-2H3. The van der Waals surface area contributed by atoms with Crippen molar-refractivity contribution < 1.29 is 0 Å². The third-order valence-corrected chi connectivity index (χ3v) is 10.9. The number of hydrogen-bond donors (Lipinski definition) is 0. The van der Waals surface area contributed by atoms with E-state index in [9.17, 15) is 10.5 Å². The minimum Gasteiger partial charge on any atom is -0.309 e. The van der Waals surface area contributed by atoms with Gasteiger partial charge in [-0.25, -0.2) is 4.98 Å². The Morgan fingerprint density at radius 2 is 0.893 bits per heavy atom. The molecule has 0 bridgehead atoms. The van der Waals surface area contributed by atoms with Crippen LogP contribution in [0.3, 0.4) is 0 Å². The van der Waals surface area contributed by atoms with Gasteiger partial charge in [-0.2, -0.15) is 10.5 Å². The number of para-hydroxylation sites is 2. The molecule has 5 heteroatoms. The summed E-state index contributed by atoms with van der Waals surface area (Å²) >= 11 is 0. The first kappa shape index (κ1) is 32.9. The van der Waals surface area contributed by atoms with Crippen molar-refractivity contribution in [2.24, 2.45) is 0 Å². The van der Waals surface area contributed by atoms with E-state index in [0.717, 1.165) is 67.1 Å². The Labute approximate surface area is 324 Å². The van der Waals surface area contributed by atoms with Gasteiger partial charge in [-0.1, -0.05) is 90.0 Å². The Morgan fingerprint density at radius 1 is 0.393 bits per heavy atom. The molecule has 0 saturated heterocycles. The van der Waals surface area contributed by atoms with Crippen LogP contribution in [-0.2, 0) is 0 Å². The third kappa shape index (κ3) is 5.34. The van der Waals surface area contributed by atoms with Crippen LogP contribution < -0.4 is 0 Å². The molecule has 0 unspecified atom stereocenters. The number of nitrogens with zero attached hydrogens (tertiary/aromatic N) is 5. The summed E-state index contributed by atoms with van der Waals surface area (Å²) in [5, 5.41) is 24.5. The summed E-state index contributed by atoms with van der Waals surface area (Å²) < 4.78 is 4.66. The second kappa shape index (κ2) is 13.0. The first-order valence-corrected chi connectivity index (χ1v) is 18.7. The van der Waals surface area contributed by atoms with E-state index >= 15 is 0 Å². The Balaban J connectivity index is 1.17. The second-order valence-electron chi connectivity index (χ2n) is 14.5. The molecule has 0 amide bonds. The highest BCUT2D eigenvalue weighted by Crippen LogP contribution is 2.37. The predicted octanol–water partition coefficient (Wildman–Crippen LogP) is 12.6. The van der Waals surface area contributed by atoms with Gasteiger partial charge >= 0.3 is 0 Å². The van der Waals surface area contributed by atoms with Gasteiger partial charge in [0.05, 0.1) is 44.6 Å². The molecule has 0 spiro atoms. The number of pyridine rings is 1. The molecule has 0 aliphatic carbocycles. The lowest BCUT2D eigenvalue weighted by atomic mass is 9.97. The van der Waals surface area contributed by atoms with Crippen molar-refractivity contribution in [1.82, 2.24) is 14.1 Å². The van der Waals surface area contributed by atoms with Crippen molar-refractivity contribution in [1.29, 1.82) is 10.5 Å². The lowest BCUT2D eigenvalue weighted by molar-refractivity contribution is 1.17. The fraction of sp³-hybridized carbons (Fsp3) is 0.0392. The van der Waals surface area contributed by atoms with Crippen molar-refractivity contribution in [2.75, 3.05) is 0 Å². The van der Waals surface area contributed by atoms with Crippen LogP contribution in [0.15, 0.2) is 164 Å². The summed E-state index contributed by atoms with van der Waals surface area (Å²) in [6.07, 6.45) is 0. The largest absolute Gasteiger partial charge is 0.309 e. The number of aryl methyl sites for hydroxylation is 2. The van der Waals surface area contributed by atoms with Crippen molar-refractivity contribution in [2.45, 2.75) is 13.8 Å². The molecule has 3 heterocycles. The highest BCUT2D eigenvalue weighted by molar-refractivity contribution is 6.10. The Bertz CT molecular complexity index is 3130. The Kier molecular flexibility index (Phi) is 7.63. The average molecular weight is 716 g/mol. The fourth-order valence-electron chi connectivity index (χ4n) is 8.25. The molecule has 0 N–H and O–H groups in total. The van der Waals surface area contributed by atoms with Crippen LogP contribution in [0, 0.1) is 36.5 Å². The quantitative estimate of drug-likeness (QED) is 0.178. The summed E-state index contributed by atoms with van der Waals surface area (Å²) in [5.41, 5.74) is 15.1. The minimum atomic E-state index is 0.345. The van der Waals surface area contributed by atoms with Gasteiger partial charge in [0.2, 0.25) is 0 Å². The highest BCUT2D eigenvalue weighted by atomic mass is 15.0. The van der Waals surface area contributed by atoms with E-state index in [1.165, 1.54) is 32.7 Å². The normalized spacial score (nSPS) is 11.4. The Hall–Kier alpha value is -7.73. The van der Waals surface area contributed by atoms with Gasteiger partial charge in [0.1, 0.15) is 12.1 Å². The maximum atomic E-state index is 9.94. The zero-order chi connectivity index (χ0) is 37.9. The van der Waals surface area contributed by atoms with Crippen LogP contribution in [0.25, 0.3) is 88.6 Å². The molecular weight excluding hydrogens is 683 g/mol. The smallest absolute Gasteiger partial charge is 0.101 e. The monoisotopic (exact) mass is 715 g/mol. The van der Waals surface area contributed by atoms with Crippen LogP contribution in [0.5, 0.6) is 0 Å². The molecule has 0 atom stereocenters. The summed E-state index contributed by atoms with van der Waals surface area (Å²) in [7, 11) is 0. The molecule has 262 valence electrons. The Morgan fingerprint density at radius 3 is 1.41 bits per heavy atom. The highest BCUT2D eigenvalue weighted by Gasteiger charge is 2.17. The van der Waals surface area contributed by atoms with Gasteiger partial charge in [-0.15, -0.1) is 0 Å². The molecule has 0 fully saturated rings. The molecule has 0 aliphatic heterocycles. The van der Waals surface area contributed by atoms with Crippen LogP contribution in [0.1, 0.15) is 22.3 Å². The molecule has 3 aromatic heterocycles. The van der Waals surface area contributed by atoms with Crippen LogP contribution in [0.2, 0.25) is 0 Å². The summed E-state index contributed by atoms with van der Waals surface area (Å²) in [6, 6.07) is 61.5. The lowest BCUT2D eigenvalue weighted by Crippen LogP contribution is -1.97. The van der Waals surface area contributed by atoms with E-state index in [2.05, 4.69) is 181 Å². The number of aromatic nitrogens is 3. The number of fused-ring (bicyclic) bond motifs is 6. The predicted molar refractivity (Wildman–Crippen MR) is 228 cm³/mol. The van der Waals surface area contributed by atoms with Crippen LogP contribution >= 0.6 is 0 Å². The van der Waals surface area contributed by atoms with Crippen LogP contribution in [-0.4, -0.2) is 14.1 Å². The number of hydrogen-bond acceptors (Lipinski definition) is 3. The fourth-order valence-corrected chi connectivity index (χ4v) is 8.25. The number of benzene rings is 7. The van der Waals surface area contributed by atoms with Crippen molar-refractivity contribution in [3.05, 3.63) is 186 Å². The van der Waals surface area contributed by atoms with Gasteiger partial charge in [0.15, 0.2) is 0 Å². The van der Waals surface area contributed by atoms with Gasteiger partial charge in [0.25, 0.3) is 0 Å². The topological polar surface area (TPSA) is 70.3 Å². The summed E-state index contributed by atoms with van der Waals surface area (Å²) in [5.74, 6) is 0. The summed E-state index contributed by atoms with van der Waals surface area (Å²) in [4.78, 5) is 5.36. The SMILES string of the molecule is Cc1ccc2c(c1)c1ccccc1n2-c1cccc(-c2cc(-c3ccc(C#N)c(C#N)c3)cc(-c3cccc(-n4c5ccccc5c5cc(C)ccc54)c3)n2)c1. The number of nitriles is 2. The van der Waals surface area contributed by atoms with Crippen LogP contribution in [0.4, 0.5) is 0 Å². The molecule has 5 nitrogen and oxygen atoms in total. The molecule has 56 heavy (non-hydrogen) atoms. The molecule has 7 aromatic carbocycles. The van der Waals surface area contributed by atoms with Crippen molar-refractivity contribution in [3.8, 4) is 57.2 Å². The van der Waals surface area contributed by atoms with E-state index < -0.39 is 0 Å².